The summed E-state index contributed by atoms with van der Waals surface area (Å²) in [6.45, 7) is 1.79. The van der Waals surface area contributed by atoms with Gasteiger partial charge >= 0.3 is 0 Å². The fourth-order valence-electron chi connectivity index (χ4n) is 1.54. The number of hydrogen-bond acceptors (Lipinski definition) is 5. The van der Waals surface area contributed by atoms with E-state index in [2.05, 4.69) is 10.3 Å². The van der Waals surface area contributed by atoms with Crippen molar-refractivity contribution < 1.29 is 13.9 Å². The number of carbonyl (C=O) groups is 1. The van der Waals surface area contributed by atoms with Gasteiger partial charge in [0.2, 0.25) is 5.76 Å². The van der Waals surface area contributed by atoms with E-state index in [0.717, 1.165) is 0 Å². The number of hydrogen-bond donors (Lipinski definition) is 2. The molecule has 0 aliphatic rings. The maximum Gasteiger partial charge on any atom is 0.293 e. The van der Waals surface area contributed by atoms with Gasteiger partial charge in [0.05, 0.1) is 11.4 Å². The monoisotopic (exact) mass is 291 g/mol. The Morgan fingerprint density at radius 1 is 1.50 bits per heavy atom. The average molecular weight is 291 g/mol. The van der Waals surface area contributed by atoms with Crippen LogP contribution in [0.3, 0.4) is 0 Å². The van der Waals surface area contributed by atoms with Crippen molar-refractivity contribution >= 4 is 28.8 Å². The number of nitrogens with zero attached hydrogens (tertiary/aromatic N) is 1. The number of oxazole rings is 1. The Kier molecular flexibility index (Phi) is 4.31. The van der Waals surface area contributed by atoms with Crippen LogP contribution in [0.25, 0.3) is 0 Å². The largest absolute Gasteiger partial charge is 0.484 e. The van der Waals surface area contributed by atoms with E-state index in [1.54, 1.807) is 31.2 Å². The Bertz CT molecular complexity index is 639. The van der Waals surface area contributed by atoms with E-state index in [1.165, 1.54) is 6.39 Å². The molecule has 6 nitrogen and oxygen atoms in total. The van der Waals surface area contributed by atoms with Gasteiger partial charge in [0.1, 0.15) is 17.3 Å². The van der Waals surface area contributed by atoms with Gasteiger partial charge in [-0.1, -0.05) is 24.4 Å². The molecule has 0 saturated carbocycles. The summed E-state index contributed by atoms with van der Waals surface area (Å²) in [4.78, 5) is 16.1. The first-order valence-corrected chi connectivity index (χ1v) is 6.20. The van der Waals surface area contributed by atoms with E-state index in [4.69, 9.17) is 27.1 Å². The molecular weight excluding hydrogens is 278 g/mol. The van der Waals surface area contributed by atoms with Gasteiger partial charge in [-0.05, 0) is 19.1 Å². The number of rotatable bonds is 5. The summed E-state index contributed by atoms with van der Waals surface area (Å²) >= 11 is 4.75. The second-order valence-electron chi connectivity index (χ2n) is 3.97. The number of para-hydroxylation sites is 2. The van der Waals surface area contributed by atoms with E-state index in [-0.39, 0.29) is 17.4 Å². The highest BCUT2D eigenvalue weighted by Gasteiger charge is 2.15. The quantitative estimate of drug-likeness (QED) is 0.818. The Hall–Kier alpha value is -2.41. The predicted molar refractivity (Wildman–Crippen MR) is 77.9 cm³/mol. The second-order valence-corrected chi connectivity index (χ2v) is 4.50. The molecule has 0 atom stereocenters. The van der Waals surface area contributed by atoms with Gasteiger partial charge < -0.3 is 20.2 Å². The fourth-order valence-corrected chi connectivity index (χ4v) is 1.60. The first kappa shape index (κ1) is 14.0. The van der Waals surface area contributed by atoms with Crippen molar-refractivity contribution in [2.75, 3.05) is 11.9 Å². The summed E-state index contributed by atoms with van der Waals surface area (Å²) in [7, 11) is 0. The topological polar surface area (TPSA) is 90.4 Å². The molecule has 2 rings (SSSR count). The summed E-state index contributed by atoms with van der Waals surface area (Å²) < 4.78 is 10.5. The lowest BCUT2D eigenvalue weighted by Crippen LogP contribution is -2.19. The van der Waals surface area contributed by atoms with Gasteiger partial charge in [-0.2, -0.15) is 0 Å². The number of aryl methyl sites for hydroxylation is 1. The molecule has 7 heteroatoms. The summed E-state index contributed by atoms with van der Waals surface area (Å²) in [5.41, 5.74) is 6.41. The molecule has 2 aromatic rings. The van der Waals surface area contributed by atoms with Crippen LogP contribution in [0.2, 0.25) is 0 Å². The summed E-state index contributed by atoms with van der Waals surface area (Å²) in [6, 6.07) is 6.97. The lowest BCUT2D eigenvalue weighted by Gasteiger charge is -2.11. The number of carbonyl (C=O) groups excluding carboxylic acids is 1. The maximum absolute atomic E-state index is 12.0. The Morgan fingerprint density at radius 3 is 2.90 bits per heavy atom. The van der Waals surface area contributed by atoms with Crippen LogP contribution in [0.5, 0.6) is 5.75 Å². The average Bonchev–Trinajstić information content (AvgIpc) is 2.84. The third-order valence-corrected chi connectivity index (χ3v) is 2.57. The number of nitrogens with two attached hydrogens (primary N) is 1. The van der Waals surface area contributed by atoms with E-state index in [1.807, 2.05) is 0 Å². The van der Waals surface area contributed by atoms with Crippen LogP contribution < -0.4 is 15.8 Å². The van der Waals surface area contributed by atoms with Crippen LogP contribution in [0.4, 0.5) is 5.69 Å². The number of thiocarbonyl (C=S) groups is 1. The van der Waals surface area contributed by atoms with Crippen LogP contribution in [-0.4, -0.2) is 22.5 Å². The van der Waals surface area contributed by atoms with Gasteiger partial charge in [-0.15, -0.1) is 0 Å². The number of nitrogens with one attached hydrogen (secondary N) is 1. The van der Waals surface area contributed by atoms with E-state index in [0.29, 0.717) is 17.1 Å². The Labute approximate surface area is 120 Å². The third-order valence-electron chi connectivity index (χ3n) is 2.46. The molecule has 0 radical (unpaired) electrons. The van der Waals surface area contributed by atoms with Crippen LogP contribution in [-0.2, 0) is 0 Å². The van der Waals surface area contributed by atoms with Crippen LogP contribution in [0.1, 0.15) is 16.2 Å². The molecule has 0 spiro atoms. The normalized spacial score (nSPS) is 10.1. The molecule has 0 bridgehead atoms. The second kappa shape index (κ2) is 6.16. The summed E-state index contributed by atoms with van der Waals surface area (Å²) in [5.74, 6) is 0.242. The fraction of sp³-hybridized carbons (Fsp3) is 0.154. The van der Waals surface area contributed by atoms with Crippen molar-refractivity contribution in [2.24, 2.45) is 5.73 Å². The summed E-state index contributed by atoms with van der Waals surface area (Å²) in [5, 5.41) is 2.70. The highest BCUT2D eigenvalue weighted by molar-refractivity contribution is 7.80. The molecule has 104 valence electrons. The molecule has 1 aromatic heterocycles. The standard InChI is InChI=1S/C13H13N3O3S/c1-8-12(19-7-15-8)13(17)16-9-4-2-3-5-10(9)18-6-11(14)20/h2-5,7H,6H2,1H3,(H2,14,20)(H,16,17). The molecule has 1 amide bonds. The minimum atomic E-state index is -0.397. The number of aromatic nitrogens is 1. The predicted octanol–water partition coefficient (Wildman–Crippen LogP) is 1.90. The van der Waals surface area contributed by atoms with E-state index in [9.17, 15) is 4.79 Å². The van der Waals surface area contributed by atoms with Crippen molar-refractivity contribution in [1.82, 2.24) is 4.98 Å². The lowest BCUT2D eigenvalue weighted by atomic mass is 10.2. The van der Waals surface area contributed by atoms with Gasteiger partial charge in [0, 0.05) is 0 Å². The number of ether oxygens (including phenoxy) is 1. The van der Waals surface area contributed by atoms with Crippen LogP contribution >= 0.6 is 12.2 Å². The Balaban J connectivity index is 2.15. The molecule has 3 N–H and O–H groups in total. The van der Waals surface area contributed by atoms with E-state index >= 15 is 0 Å². The molecule has 0 aliphatic carbocycles. The molecule has 20 heavy (non-hydrogen) atoms. The first-order chi connectivity index (χ1) is 9.58. The molecule has 0 unspecified atom stereocenters. The van der Waals surface area contributed by atoms with Crippen molar-refractivity contribution in [1.29, 1.82) is 0 Å². The smallest absolute Gasteiger partial charge is 0.293 e. The van der Waals surface area contributed by atoms with Crippen LogP contribution in [0.15, 0.2) is 35.1 Å². The molecule has 0 saturated heterocycles. The minimum Gasteiger partial charge on any atom is -0.484 e. The zero-order valence-corrected chi connectivity index (χ0v) is 11.6. The van der Waals surface area contributed by atoms with Gasteiger partial charge in [-0.25, -0.2) is 4.98 Å². The zero-order valence-electron chi connectivity index (χ0n) is 10.8. The highest BCUT2D eigenvalue weighted by atomic mass is 32.1. The summed E-state index contributed by atoms with van der Waals surface area (Å²) in [6.07, 6.45) is 1.22. The minimum absolute atomic E-state index is 0.101. The zero-order chi connectivity index (χ0) is 14.5. The number of amides is 1. The third kappa shape index (κ3) is 3.33. The number of benzene rings is 1. The molecule has 1 heterocycles. The van der Waals surface area contributed by atoms with E-state index < -0.39 is 5.91 Å². The molecule has 0 fully saturated rings. The molecule has 0 aliphatic heterocycles. The van der Waals surface area contributed by atoms with Gasteiger partial charge in [0.15, 0.2) is 6.39 Å². The van der Waals surface area contributed by atoms with Gasteiger partial charge in [0.25, 0.3) is 5.91 Å². The highest BCUT2D eigenvalue weighted by Crippen LogP contribution is 2.24. The van der Waals surface area contributed by atoms with Crippen molar-refractivity contribution in [2.45, 2.75) is 6.92 Å². The first-order valence-electron chi connectivity index (χ1n) is 5.79. The lowest BCUT2D eigenvalue weighted by molar-refractivity contribution is 0.0995. The van der Waals surface area contributed by atoms with Crippen molar-refractivity contribution in [3.63, 3.8) is 0 Å². The molecule has 1 aromatic carbocycles. The van der Waals surface area contributed by atoms with Gasteiger partial charge in [-0.3, -0.25) is 4.79 Å². The van der Waals surface area contributed by atoms with Crippen LogP contribution in [0, 0.1) is 6.92 Å². The SMILES string of the molecule is Cc1ncoc1C(=O)Nc1ccccc1OCC(N)=S. The van der Waals surface area contributed by atoms with Crippen molar-refractivity contribution in [3.8, 4) is 5.75 Å². The molecular formula is C13H13N3O3S. The Morgan fingerprint density at radius 2 is 2.25 bits per heavy atom. The van der Waals surface area contributed by atoms with Crippen molar-refractivity contribution in [3.05, 3.63) is 42.1 Å². The maximum atomic E-state index is 12.0. The number of anilines is 1.